The van der Waals surface area contributed by atoms with E-state index in [1.165, 1.54) is 12.1 Å². The number of hydrogen-bond acceptors (Lipinski definition) is 7. The summed E-state index contributed by atoms with van der Waals surface area (Å²) in [6.45, 7) is -0.203. The molecule has 2 bridgehead atoms. The number of halogens is 3. The van der Waals surface area contributed by atoms with Gasteiger partial charge in [0.25, 0.3) is 0 Å². The molecule has 2 aliphatic rings. The molecule has 2 aromatic rings. The highest BCUT2D eigenvalue weighted by molar-refractivity contribution is 6.31. The largest absolute Gasteiger partial charge is 0.433 e. The zero-order valence-corrected chi connectivity index (χ0v) is 17.8. The van der Waals surface area contributed by atoms with Gasteiger partial charge in [0, 0.05) is 17.5 Å². The first kappa shape index (κ1) is 23.3. The standard InChI is InChI=1S/C22H23ClF2O7/c1-20(24,25)31-15-5-2-12(3-6-15)8-13-9-14(4-7-16(13)23)22-19(29)17(27)18(28)21(10-26,32-22)11-30-22/h2-7,9,17-19,26-29H,8,10-11H2,1H3/t17-,18-,19+,21+,22+/m0/s1. The average molecular weight is 473 g/mol. The molecule has 2 aliphatic heterocycles. The van der Waals surface area contributed by atoms with Crippen molar-refractivity contribution in [3.8, 4) is 5.75 Å². The number of alkyl halides is 2. The molecule has 4 N–H and O–H groups in total. The fraction of sp³-hybridized carbons (Fsp3) is 0.455. The SMILES string of the molecule is CC(F)(F)Oc1ccc(Cc2cc([C@@]34OC[C@@](CO)(O3)[C@@H](O)[C@H](O)[C@H]4O)ccc2Cl)cc1. The van der Waals surface area contributed by atoms with Gasteiger partial charge in [-0.1, -0.05) is 29.8 Å². The van der Waals surface area contributed by atoms with E-state index < -0.39 is 42.4 Å². The van der Waals surface area contributed by atoms with Crippen LogP contribution in [0.3, 0.4) is 0 Å². The Morgan fingerprint density at radius 3 is 2.44 bits per heavy atom. The Balaban J connectivity index is 1.62. The van der Waals surface area contributed by atoms with Crippen molar-refractivity contribution < 1.29 is 43.4 Å². The zero-order chi connectivity index (χ0) is 23.3. The van der Waals surface area contributed by atoms with Gasteiger partial charge in [-0.05, 0) is 41.8 Å². The third kappa shape index (κ3) is 3.99. The van der Waals surface area contributed by atoms with Crippen LogP contribution in [0.1, 0.15) is 23.6 Å². The molecular formula is C22H23ClF2O7. The third-order valence-electron chi connectivity index (χ3n) is 5.79. The Hall–Kier alpha value is -1.85. The van der Waals surface area contributed by atoms with E-state index in [1.54, 1.807) is 30.3 Å². The van der Waals surface area contributed by atoms with Crippen LogP contribution in [0.4, 0.5) is 8.78 Å². The maximum Gasteiger partial charge on any atom is 0.394 e. The van der Waals surface area contributed by atoms with Crippen LogP contribution in [-0.4, -0.2) is 63.7 Å². The zero-order valence-electron chi connectivity index (χ0n) is 17.0. The maximum absolute atomic E-state index is 13.0. The molecule has 2 fully saturated rings. The van der Waals surface area contributed by atoms with Gasteiger partial charge in [0.2, 0.25) is 5.79 Å². The molecule has 32 heavy (non-hydrogen) atoms. The summed E-state index contributed by atoms with van der Waals surface area (Å²) >= 11 is 6.35. The molecule has 0 aliphatic carbocycles. The van der Waals surface area contributed by atoms with Gasteiger partial charge in [-0.15, -0.1) is 0 Å². The van der Waals surface area contributed by atoms with Crippen molar-refractivity contribution in [2.45, 2.75) is 49.2 Å². The van der Waals surface area contributed by atoms with E-state index in [-0.39, 0.29) is 12.4 Å². The summed E-state index contributed by atoms with van der Waals surface area (Å²) < 4.78 is 42.1. The molecule has 0 radical (unpaired) electrons. The summed E-state index contributed by atoms with van der Waals surface area (Å²) in [4.78, 5) is 0. The van der Waals surface area contributed by atoms with Crippen LogP contribution in [0.25, 0.3) is 0 Å². The van der Waals surface area contributed by atoms with Gasteiger partial charge in [0.05, 0.1) is 13.2 Å². The van der Waals surface area contributed by atoms with Crippen molar-refractivity contribution >= 4 is 11.6 Å². The van der Waals surface area contributed by atoms with E-state index in [0.717, 1.165) is 5.56 Å². The van der Waals surface area contributed by atoms with Crippen molar-refractivity contribution in [3.63, 3.8) is 0 Å². The fourth-order valence-electron chi connectivity index (χ4n) is 4.10. The second-order valence-corrected chi connectivity index (χ2v) is 8.61. The van der Waals surface area contributed by atoms with Gasteiger partial charge in [0.15, 0.2) is 0 Å². The van der Waals surface area contributed by atoms with Gasteiger partial charge in [-0.2, -0.15) is 8.78 Å². The lowest BCUT2D eigenvalue weighted by molar-refractivity contribution is -0.329. The Morgan fingerprint density at radius 1 is 1.12 bits per heavy atom. The van der Waals surface area contributed by atoms with Gasteiger partial charge >= 0.3 is 6.11 Å². The monoisotopic (exact) mass is 472 g/mol. The van der Waals surface area contributed by atoms with Crippen LogP contribution in [-0.2, 0) is 21.7 Å². The summed E-state index contributed by atoms with van der Waals surface area (Å²) in [5.74, 6) is -1.78. The minimum Gasteiger partial charge on any atom is -0.433 e. The molecule has 0 amide bonds. The minimum absolute atomic E-state index is 0.0194. The normalized spacial score (nSPS) is 32.2. The van der Waals surface area contributed by atoms with Crippen LogP contribution in [0, 0.1) is 0 Å². The second kappa shape index (κ2) is 8.18. The maximum atomic E-state index is 13.0. The predicted octanol–water partition coefficient (Wildman–Crippen LogP) is 1.95. The molecule has 5 atom stereocenters. The summed E-state index contributed by atoms with van der Waals surface area (Å²) in [7, 11) is 0. The predicted molar refractivity (Wildman–Crippen MR) is 109 cm³/mol. The van der Waals surface area contributed by atoms with Crippen molar-refractivity contribution in [3.05, 3.63) is 64.2 Å². The van der Waals surface area contributed by atoms with E-state index in [2.05, 4.69) is 4.74 Å². The second-order valence-electron chi connectivity index (χ2n) is 8.20. The fourth-order valence-corrected chi connectivity index (χ4v) is 4.29. The molecule has 4 rings (SSSR count). The van der Waals surface area contributed by atoms with Crippen LogP contribution >= 0.6 is 11.6 Å². The number of aliphatic hydroxyl groups excluding tert-OH is 4. The van der Waals surface area contributed by atoms with Crippen LogP contribution in [0.2, 0.25) is 5.02 Å². The van der Waals surface area contributed by atoms with Gasteiger partial charge < -0.3 is 34.6 Å². The highest BCUT2D eigenvalue weighted by Gasteiger charge is 2.67. The first-order valence-corrected chi connectivity index (χ1v) is 10.3. The van der Waals surface area contributed by atoms with E-state index in [9.17, 15) is 29.2 Å². The highest BCUT2D eigenvalue weighted by Crippen LogP contribution is 2.49. The number of rotatable bonds is 6. The van der Waals surface area contributed by atoms with Gasteiger partial charge in [0.1, 0.15) is 29.7 Å². The molecular weight excluding hydrogens is 450 g/mol. The molecule has 174 valence electrons. The van der Waals surface area contributed by atoms with Crippen LogP contribution in [0.15, 0.2) is 42.5 Å². The average Bonchev–Trinajstić information content (AvgIpc) is 3.13. The number of hydrogen-bond donors (Lipinski definition) is 4. The van der Waals surface area contributed by atoms with Crippen molar-refractivity contribution in [1.29, 1.82) is 0 Å². The molecule has 10 heteroatoms. The molecule has 2 aromatic carbocycles. The summed E-state index contributed by atoms with van der Waals surface area (Å²) in [6, 6.07) is 10.9. The Labute approximate surface area is 187 Å². The molecule has 2 heterocycles. The minimum atomic E-state index is -3.29. The number of ether oxygens (including phenoxy) is 3. The molecule has 0 unspecified atom stereocenters. The first-order chi connectivity index (χ1) is 15.0. The summed E-state index contributed by atoms with van der Waals surface area (Å²) in [5, 5.41) is 41.5. The van der Waals surface area contributed by atoms with E-state index in [0.29, 0.717) is 29.5 Å². The number of fused-ring (bicyclic) bond motifs is 2. The lowest BCUT2D eigenvalue weighted by atomic mass is 9.83. The van der Waals surface area contributed by atoms with Gasteiger partial charge in [-0.25, -0.2) is 0 Å². The highest BCUT2D eigenvalue weighted by atomic mass is 35.5. The summed E-state index contributed by atoms with van der Waals surface area (Å²) in [6.07, 6.45) is -7.75. The van der Waals surface area contributed by atoms with Crippen LogP contribution in [0.5, 0.6) is 5.75 Å². The van der Waals surface area contributed by atoms with Crippen molar-refractivity contribution in [2.24, 2.45) is 0 Å². The van der Waals surface area contributed by atoms with E-state index in [4.69, 9.17) is 21.1 Å². The molecule has 0 spiro atoms. The summed E-state index contributed by atoms with van der Waals surface area (Å²) in [5.41, 5.74) is 0.145. The van der Waals surface area contributed by atoms with Crippen molar-refractivity contribution in [1.82, 2.24) is 0 Å². The smallest absolute Gasteiger partial charge is 0.394 e. The van der Waals surface area contributed by atoms with E-state index in [1.807, 2.05) is 0 Å². The van der Waals surface area contributed by atoms with Crippen molar-refractivity contribution in [2.75, 3.05) is 13.2 Å². The van der Waals surface area contributed by atoms with E-state index >= 15 is 0 Å². The Morgan fingerprint density at radius 2 is 1.81 bits per heavy atom. The Bertz CT molecular complexity index is 983. The molecule has 0 saturated carbocycles. The lowest BCUT2D eigenvalue weighted by Crippen LogP contribution is -2.65. The molecule has 7 nitrogen and oxygen atoms in total. The third-order valence-corrected chi connectivity index (χ3v) is 6.16. The number of aliphatic hydroxyl groups is 4. The van der Waals surface area contributed by atoms with Crippen LogP contribution < -0.4 is 4.74 Å². The van der Waals surface area contributed by atoms with Gasteiger partial charge in [-0.3, -0.25) is 0 Å². The quantitative estimate of drug-likeness (QED) is 0.509. The topological polar surface area (TPSA) is 109 Å². The number of benzene rings is 2. The lowest BCUT2D eigenvalue weighted by Gasteiger charge is -2.46. The molecule has 2 saturated heterocycles. The molecule has 0 aromatic heterocycles. The first-order valence-electron chi connectivity index (χ1n) is 9.93. The Kier molecular flexibility index (Phi) is 5.96.